The smallest absolute Gasteiger partial charge is 0.421 e. The molecule has 0 aliphatic carbocycles. The van der Waals surface area contributed by atoms with Crippen molar-refractivity contribution < 1.29 is 18.7 Å². The third kappa shape index (κ3) is 7.77. The number of aromatic nitrogens is 2. The Hall–Kier alpha value is -4.00. The van der Waals surface area contributed by atoms with Crippen LogP contribution in [0.1, 0.15) is 61.2 Å². The maximum atomic E-state index is 11.4. The van der Waals surface area contributed by atoms with Gasteiger partial charge in [0, 0.05) is 12.6 Å². The Morgan fingerprint density at radius 1 is 0.861 bits per heavy atom. The molecule has 0 bridgehead atoms. The summed E-state index contributed by atoms with van der Waals surface area (Å²) in [6.45, 7) is 0.857. The Kier molecular flexibility index (Phi) is 9.19. The Morgan fingerprint density at radius 2 is 1.61 bits per heavy atom. The van der Waals surface area contributed by atoms with Crippen molar-refractivity contribution >= 4 is 12.2 Å². The Bertz CT molecular complexity index is 1270. The molecule has 2 heterocycles. The van der Waals surface area contributed by atoms with Gasteiger partial charge in [-0.3, -0.25) is 0 Å². The molecule has 4 aromatic rings. The van der Waals surface area contributed by atoms with Crippen molar-refractivity contribution in [2.24, 2.45) is 0 Å². The fourth-order valence-electron chi connectivity index (χ4n) is 3.94. The lowest BCUT2D eigenvalue weighted by Gasteiger charge is -2.06. The number of unbranched alkanes of at least 4 members (excludes halogenated alkanes) is 5. The highest BCUT2D eigenvalue weighted by Gasteiger charge is 2.06. The van der Waals surface area contributed by atoms with Crippen LogP contribution in [-0.2, 0) is 19.6 Å². The van der Waals surface area contributed by atoms with Crippen molar-refractivity contribution in [1.82, 2.24) is 9.55 Å². The minimum atomic E-state index is -0.497. The van der Waals surface area contributed by atoms with E-state index in [1.165, 1.54) is 16.6 Å². The van der Waals surface area contributed by atoms with E-state index in [1.807, 2.05) is 54.6 Å². The van der Waals surface area contributed by atoms with Crippen LogP contribution in [0.4, 0.5) is 0 Å². The first-order chi connectivity index (χ1) is 17.7. The summed E-state index contributed by atoms with van der Waals surface area (Å²) >= 11 is 0. The van der Waals surface area contributed by atoms with E-state index in [2.05, 4.69) is 21.5 Å². The highest BCUT2D eigenvalue weighted by molar-refractivity contribution is 5.65. The van der Waals surface area contributed by atoms with Gasteiger partial charge in [0.05, 0.1) is 0 Å². The van der Waals surface area contributed by atoms with Crippen LogP contribution < -0.4 is 10.5 Å². The molecule has 36 heavy (non-hydrogen) atoms. The standard InChI is InChI=1S/C29H32N2O5/c32-28-22-36-29(33)31(28)19-9-4-2-1-3-6-12-24-13-16-26(17-14-24)34-20-25-21-35-27(30-25)18-15-23-10-7-5-8-11-23/h5,7-8,10-11,13-18,21-22,32H,1-4,6,9,12,19-20H2. The molecular weight excluding hydrogens is 456 g/mol. The highest BCUT2D eigenvalue weighted by Crippen LogP contribution is 2.17. The van der Waals surface area contributed by atoms with E-state index in [1.54, 1.807) is 6.26 Å². The summed E-state index contributed by atoms with van der Waals surface area (Å²) in [6.07, 6.45) is 14.0. The van der Waals surface area contributed by atoms with Gasteiger partial charge in [-0.25, -0.2) is 14.3 Å². The molecule has 0 radical (unpaired) electrons. The minimum absolute atomic E-state index is 0.101. The molecule has 7 nitrogen and oxygen atoms in total. The largest absolute Gasteiger partial charge is 0.492 e. The maximum Gasteiger partial charge on any atom is 0.421 e. The summed E-state index contributed by atoms with van der Waals surface area (Å²) in [5.41, 5.74) is 3.14. The van der Waals surface area contributed by atoms with Crippen molar-refractivity contribution in [3.63, 3.8) is 0 Å². The summed E-state index contributed by atoms with van der Waals surface area (Å²) in [5.74, 6) is 0.769. The Morgan fingerprint density at radius 3 is 2.36 bits per heavy atom. The molecular formula is C29H32N2O5. The summed E-state index contributed by atoms with van der Waals surface area (Å²) in [7, 11) is 0. The van der Waals surface area contributed by atoms with E-state index in [0.717, 1.165) is 61.8 Å². The Labute approximate surface area is 210 Å². The molecule has 2 aromatic heterocycles. The number of rotatable bonds is 14. The topological polar surface area (TPSA) is 90.6 Å². The lowest BCUT2D eigenvalue weighted by molar-refractivity contribution is 0.301. The summed E-state index contributed by atoms with van der Waals surface area (Å²) in [5, 5.41) is 9.52. The van der Waals surface area contributed by atoms with E-state index < -0.39 is 5.76 Å². The summed E-state index contributed by atoms with van der Waals surface area (Å²) in [4.78, 5) is 15.8. The molecule has 0 spiro atoms. The zero-order valence-corrected chi connectivity index (χ0v) is 20.3. The first-order valence-corrected chi connectivity index (χ1v) is 12.4. The van der Waals surface area contributed by atoms with Crippen molar-refractivity contribution in [2.45, 2.75) is 58.1 Å². The van der Waals surface area contributed by atoms with E-state index in [0.29, 0.717) is 19.0 Å². The van der Waals surface area contributed by atoms with Gasteiger partial charge in [-0.2, -0.15) is 0 Å². The van der Waals surface area contributed by atoms with E-state index in [-0.39, 0.29) is 5.88 Å². The van der Waals surface area contributed by atoms with E-state index >= 15 is 0 Å². The molecule has 0 unspecified atom stereocenters. The molecule has 1 N–H and O–H groups in total. The van der Waals surface area contributed by atoms with Crippen molar-refractivity contribution in [3.8, 4) is 11.6 Å². The summed E-state index contributed by atoms with van der Waals surface area (Å²) < 4.78 is 17.3. The SMILES string of the molecule is O=c1occ(O)n1CCCCCCCCc1ccc(OCc2coc(C=Cc3ccccc3)n2)cc1. The van der Waals surface area contributed by atoms with Crippen LogP contribution in [0.15, 0.2) is 80.8 Å². The molecule has 0 saturated heterocycles. The van der Waals surface area contributed by atoms with Crippen LogP contribution in [0.25, 0.3) is 12.2 Å². The number of ether oxygens (including phenoxy) is 1. The van der Waals surface area contributed by atoms with Gasteiger partial charge in [0.2, 0.25) is 11.8 Å². The van der Waals surface area contributed by atoms with E-state index in [9.17, 15) is 9.90 Å². The van der Waals surface area contributed by atoms with Crippen LogP contribution in [0.2, 0.25) is 0 Å². The summed E-state index contributed by atoms with van der Waals surface area (Å²) in [6, 6.07) is 18.2. The van der Waals surface area contributed by atoms with Gasteiger partial charge in [-0.1, -0.05) is 68.1 Å². The fourth-order valence-corrected chi connectivity index (χ4v) is 3.94. The lowest BCUT2D eigenvalue weighted by atomic mass is 10.0. The quantitative estimate of drug-likeness (QED) is 0.205. The van der Waals surface area contributed by atoms with Crippen LogP contribution in [0.3, 0.4) is 0 Å². The van der Waals surface area contributed by atoms with E-state index in [4.69, 9.17) is 9.15 Å². The zero-order valence-electron chi connectivity index (χ0n) is 20.3. The first kappa shape index (κ1) is 25.1. The minimum Gasteiger partial charge on any atom is -0.492 e. The molecule has 7 heteroatoms. The number of oxazole rings is 2. The van der Waals surface area contributed by atoms with Crippen molar-refractivity contribution in [2.75, 3.05) is 0 Å². The van der Waals surface area contributed by atoms with Gasteiger partial charge in [-0.15, -0.1) is 0 Å². The molecule has 0 aliphatic rings. The van der Waals surface area contributed by atoms with Crippen molar-refractivity contribution in [3.05, 3.63) is 100 Å². The third-order valence-electron chi connectivity index (χ3n) is 5.96. The predicted molar refractivity (Wildman–Crippen MR) is 139 cm³/mol. The number of benzene rings is 2. The fraction of sp³-hybridized carbons (Fsp3) is 0.310. The van der Waals surface area contributed by atoms with Crippen LogP contribution in [0.5, 0.6) is 11.6 Å². The van der Waals surface area contributed by atoms with Gasteiger partial charge >= 0.3 is 5.76 Å². The number of aryl methyl sites for hydroxylation is 1. The number of hydrogen-bond acceptors (Lipinski definition) is 6. The third-order valence-corrected chi connectivity index (χ3v) is 5.96. The second-order valence-corrected chi connectivity index (χ2v) is 8.74. The number of nitrogens with zero attached hydrogens (tertiary/aromatic N) is 2. The van der Waals surface area contributed by atoms with Crippen molar-refractivity contribution in [1.29, 1.82) is 0 Å². The predicted octanol–water partition coefficient (Wildman–Crippen LogP) is 6.47. The molecule has 4 rings (SSSR count). The molecule has 188 valence electrons. The van der Waals surface area contributed by atoms with Gasteiger partial charge < -0.3 is 18.7 Å². The normalized spacial score (nSPS) is 11.3. The first-order valence-electron chi connectivity index (χ1n) is 12.4. The average molecular weight is 489 g/mol. The van der Waals surface area contributed by atoms with Crippen LogP contribution >= 0.6 is 0 Å². The lowest BCUT2D eigenvalue weighted by Crippen LogP contribution is -2.13. The molecule has 0 fully saturated rings. The average Bonchev–Trinajstić information content (AvgIpc) is 3.50. The molecule has 0 saturated carbocycles. The number of hydrogen-bond donors (Lipinski definition) is 1. The highest BCUT2D eigenvalue weighted by atomic mass is 16.5. The van der Waals surface area contributed by atoms with Crippen LogP contribution in [-0.4, -0.2) is 14.7 Å². The molecule has 2 aromatic carbocycles. The second kappa shape index (κ2) is 13.2. The Balaban J connectivity index is 1.08. The van der Waals surface area contributed by atoms with Gasteiger partial charge in [0.1, 0.15) is 24.3 Å². The molecule has 0 aliphatic heterocycles. The van der Waals surface area contributed by atoms with Gasteiger partial charge in [-0.05, 0) is 48.6 Å². The second-order valence-electron chi connectivity index (χ2n) is 8.74. The molecule has 0 amide bonds. The van der Waals surface area contributed by atoms with Crippen LogP contribution in [0, 0.1) is 0 Å². The van der Waals surface area contributed by atoms with Gasteiger partial charge in [0.15, 0.2) is 6.26 Å². The molecule has 0 atom stereocenters. The monoisotopic (exact) mass is 488 g/mol. The number of aromatic hydroxyl groups is 1. The maximum absolute atomic E-state index is 11.4. The zero-order chi connectivity index (χ0) is 25.0. The van der Waals surface area contributed by atoms with Gasteiger partial charge in [0.25, 0.3) is 0 Å².